The second-order valence-electron chi connectivity index (χ2n) is 5.23. The topological polar surface area (TPSA) is 20.2 Å². The van der Waals surface area contributed by atoms with Crippen LogP contribution >= 0.6 is 15.9 Å². The first-order chi connectivity index (χ1) is 8.28. The SMILES string of the molecule is OCC1CCC(CCc2ccc(Br)cc2)CC1. The molecule has 0 spiro atoms. The van der Waals surface area contributed by atoms with Crippen LogP contribution < -0.4 is 0 Å². The van der Waals surface area contributed by atoms with E-state index in [1.807, 2.05) is 0 Å². The van der Waals surface area contributed by atoms with Gasteiger partial charge in [0, 0.05) is 11.1 Å². The molecule has 0 atom stereocenters. The van der Waals surface area contributed by atoms with E-state index in [2.05, 4.69) is 40.2 Å². The van der Waals surface area contributed by atoms with E-state index >= 15 is 0 Å². The second kappa shape index (κ2) is 6.55. The van der Waals surface area contributed by atoms with Gasteiger partial charge in [0.05, 0.1) is 0 Å². The Labute approximate surface area is 112 Å². The number of aryl methyl sites for hydroxylation is 1. The largest absolute Gasteiger partial charge is 0.396 e. The summed E-state index contributed by atoms with van der Waals surface area (Å²) in [6, 6.07) is 8.67. The molecule has 0 unspecified atom stereocenters. The first kappa shape index (κ1) is 13.1. The molecule has 1 nitrogen and oxygen atoms in total. The van der Waals surface area contributed by atoms with Gasteiger partial charge in [-0.05, 0) is 55.2 Å². The van der Waals surface area contributed by atoms with Gasteiger partial charge in [-0.25, -0.2) is 0 Å². The maximum atomic E-state index is 9.11. The average Bonchev–Trinajstić information content (AvgIpc) is 2.39. The van der Waals surface area contributed by atoms with Crippen LogP contribution in [0.15, 0.2) is 28.7 Å². The predicted molar refractivity (Wildman–Crippen MR) is 75.0 cm³/mol. The molecule has 0 amide bonds. The number of halogens is 1. The number of aliphatic hydroxyl groups excluding tert-OH is 1. The van der Waals surface area contributed by atoms with Gasteiger partial charge in [-0.2, -0.15) is 0 Å². The van der Waals surface area contributed by atoms with Gasteiger partial charge < -0.3 is 5.11 Å². The highest BCUT2D eigenvalue weighted by molar-refractivity contribution is 9.10. The van der Waals surface area contributed by atoms with Crippen LogP contribution in [0.4, 0.5) is 0 Å². The molecule has 0 bridgehead atoms. The Morgan fingerprint density at radius 1 is 1.00 bits per heavy atom. The second-order valence-corrected chi connectivity index (χ2v) is 6.15. The highest BCUT2D eigenvalue weighted by atomic mass is 79.9. The highest BCUT2D eigenvalue weighted by Crippen LogP contribution is 2.31. The lowest BCUT2D eigenvalue weighted by Gasteiger charge is -2.27. The molecular weight excluding hydrogens is 276 g/mol. The van der Waals surface area contributed by atoms with Gasteiger partial charge in [-0.3, -0.25) is 0 Å². The number of rotatable bonds is 4. The summed E-state index contributed by atoms with van der Waals surface area (Å²) < 4.78 is 1.16. The fourth-order valence-electron chi connectivity index (χ4n) is 2.72. The van der Waals surface area contributed by atoms with Crippen molar-refractivity contribution in [3.8, 4) is 0 Å². The lowest BCUT2D eigenvalue weighted by atomic mass is 9.80. The zero-order chi connectivity index (χ0) is 12.1. The molecule has 1 N–H and O–H groups in total. The van der Waals surface area contributed by atoms with E-state index in [9.17, 15) is 0 Å². The van der Waals surface area contributed by atoms with Gasteiger partial charge >= 0.3 is 0 Å². The van der Waals surface area contributed by atoms with Crippen molar-refractivity contribution in [2.45, 2.75) is 38.5 Å². The van der Waals surface area contributed by atoms with Gasteiger partial charge in [0.15, 0.2) is 0 Å². The van der Waals surface area contributed by atoms with E-state index < -0.39 is 0 Å². The standard InChI is InChI=1S/C15H21BrO/c16-15-9-7-13(8-10-15)2-1-12-3-5-14(11-17)6-4-12/h7-10,12,14,17H,1-6,11H2. The lowest BCUT2D eigenvalue weighted by molar-refractivity contribution is 0.164. The van der Waals surface area contributed by atoms with E-state index in [0.717, 1.165) is 10.4 Å². The Morgan fingerprint density at radius 2 is 1.59 bits per heavy atom. The maximum Gasteiger partial charge on any atom is 0.0459 e. The zero-order valence-electron chi connectivity index (χ0n) is 10.2. The monoisotopic (exact) mass is 296 g/mol. The molecule has 0 saturated heterocycles. The fourth-order valence-corrected chi connectivity index (χ4v) is 2.99. The van der Waals surface area contributed by atoms with Crippen molar-refractivity contribution in [3.63, 3.8) is 0 Å². The van der Waals surface area contributed by atoms with E-state index in [0.29, 0.717) is 12.5 Å². The van der Waals surface area contributed by atoms with Gasteiger partial charge in [0.25, 0.3) is 0 Å². The minimum absolute atomic E-state index is 0.388. The summed E-state index contributed by atoms with van der Waals surface area (Å²) in [5.41, 5.74) is 1.44. The molecule has 17 heavy (non-hydrogen) atoms. The smallest absolute Gasteiger partial charge is 0.0459 e. The summed E-state index contributed by atoms with van der Waals surface area (Å²) in [5, 5.41) is 9.11. The summed E-state index contributed by atoms with van der Waals surface area (Å²) in [7, 11) is 0. The van der Waals surface area contributed by atoms with Crippen molar-refractivity contribution >= 4 is 15.9 Å². The van der Waals surface area contributed by atoms with Crippen LogP contribution in [0.25, 0.3) is 0 Å². The van der Waals surface area contributed by atoms with E-state index in [1.165, 1.54) is 44.1 Å². The first-order valence-corrected chi connectivity index (χ1v) is 7.42. The maximum absolute atomic E-state index is 9.11. The Morgan fingerprint density at radius 3 is 2.18 bits per heavy atom. The molecule has 1 aliphatic carbocycles. The van der Waals surface area contributed by atoms with Crippen molar-refractivity contribution < 1.29 is 5.11 Å². The highest BCUT2D eigenvalue weighted by Gasteiger charge is 2.20. The van der Waals surface area contributed by atoms with E-state index in [-0.39, 0.29) is 0 Å². The lowest BCUT2D eigenvalue weighted by Crippen LogP contribution is -2.17. The number of hydrogen-bond donors (Lipinski definition) is 1. The molecule has 1 aromatic carbocycles. The molecule has 1 aromatic rings. The van der Waals surface area contributed by atoms with Crippen LogP contribution in [-0.4, -0.2) is 11.7 Å². The van der Waals surface area contributed by atoms with Crippen molar-refractivity contribution in [1.29, 1.82) is 0 Å². The zero-order valence-corrected chi connectivity index (χ0v) is 11.8. The Balaban J connectivity index is 1.74. The quantitative estimate of drug-likeness (QED) is 0.884. The normalized spacial score (nSPS) is 24.8. The molecule has 1 aliphatic rings. The fraction of sp³-hybridized carbons (Fsp3) is 0.600. The van der Waals surface area contributed by atoms with Gasteiger partial charge in [-0.15, -0.1) is 0 Å². The summed E-state index contributed by atoms with van der Waals surface area (Å²) >= 11 is 3.46. The molecule has 0 heterocycles. The van der Waals surface area contributed by atoms with Crippen LogP contribution in [0, 0.1) is 11.8 Å². The molecule has 0 radical (unpaired) electrons. The van der Waals surface area contributed by atoms with Crippen LogP contribution in [0.5, 0.6) is 0 Å². The van der Waals surface area contributed by atoms with Crippen molar-refractivity contribution in [1.82, 2.24) is 0 Å². The third kappa shape index (κ3) is 4.11. The predicted octanol–water partition coefficient (Wildman–Crippen LogP) is 4.18. The summed E-state index contributed by atoms with van der Waals surface area (Å²) in [4.78, 5) is 0. The van der Waals surface area contributed by atoms with Crippen molar-refractivity contribution in [3.05, 3.63) is 34.3 Å². The summed E-state index contributed by atoms with van der Waals surface area (Å²) in [5.74, 6) is 1.46. The Hall–Kier alpha value is -0.340. The number of benzene rings is 1. The number of aliphatic hydroxyl groups is 1. The molecule has 1 saturated carbocycles. The first-order valence-electron chi connectivity index (χ1n) is 6.63. The van der Waals surface area contributed by atoms with Crippen LogP contribution in [-0.2, 0) is 6.42 Å². The van der Waals surface area contributed by atoms with Crippen LogP contribution in [0.2, 0.25) is 0 Å². The molecular formula is C15H21BrO. The Bertz CT molecular complexity index is 325. The summed E-state index contributed by atoms with van der Waals surface area (Å²) in [6.07, 6.45) is 7.56. The third-order valence-corrected chi connectivity index (χ3v) is 4.51. The van der Waals surface area contributed by atoms with Crippen LogP contribution in [0.1, 0.15) is 37.7 Å². The number of hydrogen-bond acceptors (Lipinski definition) is 1. The van der Waals surface area contributed by atoms with E-state index in [1.54, 1.807) is 0 Å². The van der Waals surface area contributed by atoms with Crippen molar-refractivity contribution in [2.24, 2.45) is 11.8 Å². The molecule has 2 heteroatoms. The minimum atomic E-state index is 0.388. The minimum Gasteiger partial charge on any atom is -0.396 e. The molecule has 0 aliphatic heterocycles. The summed E-state index contributed by atoms with van der Waals surface area (Å²) in [6.45, 7) is 0.388. The van der Waals surface area contributed by atoms with Crippen LogP contribution in [0.3, 0.4) is 0 Å². The molecule has 2 rings (SSSR count). The molecule has 0 aromatic heterocycles. The molecule has 94 valence electrons. The Kier molecular flexibility index (Phi) is 5.05. The molecule has 1 fully saturated rings. The van der Waals surface area contributed by atoms with Gasteiger partial charge in [-0.1, -0.05) is 40.9 Å². The van der Waals surface area contributed by atoms with E-state index in [4.69, 9.17) is 5.11 Å². The average molecular weight is 297 g/mol. The van der Waals surface area contributed by atoms with Gasteiger partial charge in [0.1, 0.15) is 0 Å². The third-order valence-electron chi connectivity index (χ3n) is 3.98. The van der Waals surface area contributed by atoms with Gasteiger partial charge in [0.2, 0.25) is 0 Å². The van der Waals surface area contributed by atoms with Crippen molar-refractivity contribution in [2.75, 3.05) is 6.61 Å².